The van der Waals surface area contributed by atoms with E-state index in [9.17, 15) is 0 Å². The van der Waals surface area contributed by atoms with Crippen LogP contribution in [0.5, 0.6) is 0 Å². The summed E-state index contributed by atoms with van der Waals surface area (Å²) >= 11 is 0. The van der Waals surface area contributed by atoms with Crippen LogP contribution in [0.25, 0.3) is 11.0 Å². The number of benzene rings is 1. The van der Waals surface area contributed by atoms with E-state index in [0.717, 1.165) is 42.9 Å². The third-order valence-corrected chi connectivity index (χ3v) is 3.72. The summed E-state index contributed by atoms with van der Waals surface area (Å²) in [5, 5.41) is 8.54. The van der Waals surface area contributed by atoms with Gasteiger partial charge in [-0.2, -0.15) is 0 Å². The molecule has 1 unspecified atom stereocenters. The molecule has 5 heteroatoms. The predicted octanol–water partition coefficient (Wildman–Crippen LogP) is 1.73. The topological polar surface area (TPSA) is 67.9 Å². The fourth-order valence-corrected chi connectivity index (χ4v) is 2.75. The minimum absolute atomic E-state index is 0.520. The lowest BCUT2D eigenvalue weighted by molar-refractivity contribution is 0.577. The Bertz CT molecular complexity index is 556. The third kappa shape index (κ3) is 2.51. The zero-order chi connectivity index (χ0) is 13.1. The molecular formula is C14H19N5. The molecule has 19 heavy (non-hydrogen) atoms. The van der Waals surface area contributed by atoms with Gasteiger partial charge in [0.2, 0.25) is 5.95 Å². The maximum absolute atomic E-state index is 5.60. The molecule has 0 bridgehead atoms. The average Bonchev–Trinajstić information content (AvgIpc) is 2.93. The average molecular weight is 257 g/mol. The van der Waals surface area contributed by atoms with Gasteiger partial charge in [0.25, 0.3) is 0 Å². The molecule has 0 spiro atoms. The normalized spacial score (nSPS) is 19.2. The summed E-state index contributed by atoms with van der Waals surface area (Å²) in [6, 6.07) is 8.38. The van der Waals surface area contributed by atoms with Gasteiger partial charge in [0.1, 0.15) is 5.52 Å². The van der Waals surface area contributed by atoms with Gasteiger partial charge in [-0.05, 0) is 44.4 Å². The Kier molecular flexibility index (Phi) is 3.55. The quantitative estimate of drug-likeness (QED) is 0.903. The van der Waals surface area contributed by atoms with Crippen LogP contribution in [0.4, 0.5) is 5.95 Å². The van der Waals surface area contributed by atoms with Crippen molar-refractivity contribution in [2.24, 2.45) is 5.73 Å². The lowest BCUT2D eigenvalue weighted by Gasteiger charge is -2.24. The van der Waals surface area contributed by atoms with Gasteiger partial charge in [-0.3, -0.25) is 0 Å². The number of rotatable bonds is 4. The van der Waals surface area contributed by atoms with Gasteiger partial charge < -0.3 is 10.6 Å². The molecule has 2 aromatic rings. The molecule has 1 aromatic carbocycles. The molecular weight excluding hydrogens is 238 g/mol. The molecule has 1 atom stereocenters. The first kappa shape index (κ1) is 12.3. The molecule has 0 saturated carbocycles. The largest absolute Gasteiger partial charge is 0.337 e. The minimum Gasteiger partial charge on any atom is -0.337 e. The van der Waals surface area contributed by atoms with Crippen LogP contribution in [-0.4, -0.2) is 34.3 Å². The van der Waals surface area contributed by atoms with E-state index in [-0.39, 0.29) is 0 Å². The number of fused-ring (bicyclic) bond motifs is 1. The number of hydrogen-bond acceptors (Lipinski definition) is 5. The van der Waals surface area contributed by atoms with E-state index < -0.39 is 0 Å². The zero-order valence-corrected chi connectivity index (χ0v) is 11.0. The van der Waals surface area contributed by atoms with Crippen LogP contribution in [0.1, 0.15) is 25.7 Å². The van der Waals surface area contributed by atoms with Crippen molar-refractivity contribution in [3.63, 3.8) is 0 Å². The SMILES string of the molecule is NCCCC1CCCN1c1nnc2ccccc2n1. The van der Waals surface area contributed by atoms with Crippen molar-refractivity contribution in [3.05, 3.63) is 24.3 Å². The molecule has 1 aromatic heterocycles. The van der Waals surface area contributed by atoms with Crippen LogP contribution in [0.2, 0.25) is 0 Å². The van der Waals surface area contributed by atoms with Crippen LogP contribution in [0, 0.1) is 0 Å². The minimum atomic E-state index is 0.520. The van der Waals surface area contributed by atoms with Crippen molar-refractivity contribution in [2.45, 2.75) is 31.7 Å². The Morgan fingerprint density at radius 3 is 2.89 bits per heavy atom. The van der Waals surface area contributed by atoms with E-state index in [0.29, 0.717) is 6.04 Å². The number of nitrogens with two attached hydrogens (primary N) is 1. The van der Waals surface area contributed by atoms with Crippen LogP contribution < -0.4 is 10.6 Å². The standard InChI is InChI=1S/C14H19N5/c15-9-3-5-11-6-4-10-19(11)14-16-12-7-1-2-8-13(12)17-18-14/h1-2,7-8,11H,3-6,9-10,15H2. The maximum atomic E-state index is 5.60. The Morgan fingerprint density at radius 2 is 2.05 bits per heavy atom. The van der Waals surface area contributed by atoms with E-state index in [2.05, 4.69) is 20.1 Å². The molecule has 5 nitrogen and oxygen atoms in total. The van der Waals surface area contributed by atoms with E-state index >= 15 is 0 Å². The van der Waals surface area contributed by atoms with Crippen LogP contribution in [-0.2, 0) is 0 Å². The summed E-state index contributed by atoms with van der Waals surface area (Å²) in [7, 11) is 0. The second kappa shape index (κ2) is 5.48. The number of hydrogen-bond donors (Lipinski definition) is 1. The van der Waals surface area contributed by atoms with Crippen LogP contribution >= 0.6 is 0 Å². The van der Waals surface area contributed by atoms with Gasteiger partial charge >= 0.3 is 0 Å². The van der Waals surface area contributed by atoms with Crippen molar-refractivity contribution in [1.29, 1.82) is 0 Å². The van der Waals surface area contributed by atoms with Gasteiger partial charge in [0, 0.05) is 12.6 Å². The smallest absolute Gasteiger partial charge is 0.246 e. The first-order chi connectivity index (χ1) is 9.38. The molecule has 1 aliphatic heterocycles. The van der Waals surface area contributed by atoms with Crippen molar-refractivity contribution >= 4 is 17.0 Å². The molecule has 1 fully saturated rings. The number of para-hydroxylation sites is 1. The number of anilines is 1. The first-order valence-electron chi connectivity index (χ1n) is 6.94. The van der Waals surface area contributed by atoms with Gasteiger partial charge in [-0.25, -0.2) is 4.98 Å². The van der Waals surface area contributed by atoms with E-state index in [1.54, 1.807) is 0 Å². The summed E-state index contributed by atoms with van der Waals surface area (Å²) in [5.74, 6) is 0.762. The van der Waals surface area contributed by atoms with Crippen molar-refractivity contribution in [2.75, 3.05) is 18.0 Å². The lowest BCUT2D eigenvalue weighted by Crippen LogP contribution is -2.31. The molecule has 1 saturated heterocycles. The van der Waals surface area contributed by atoms with Gasteiger partial charge in [-0.15, -0.1) is 10.2 Å². The van der Waals surface area contributed by atoms with E-state index in [1.807, 2.05) is 24.3 Å². The van der Waals surface area contributed by atoms with Gasteiger partial charge in [0.05, 0.1) is 5.52 Å². The highest BCUT2D eigenvalue weighted by molar-refractivity contribution is 5.74. The highest BCUT2D eigenvalue weighted by atomic mass is 15.3. The molecule has 0 aliphatic carbocycles. The molecule has 100 valence electrons. The number of aromatic nitrogens is 3. The van der Waals surface area contributed by atoms with Crippen molar-refractivity contribution < 1.29 is 0 Å². The highest BCUT2D eigenvalue weighted by Gasteiger charge is 2.26. The fourth-order valence-electron chi connectivity index (χ4n) is 2.75. The van der Waals surface area contributed by atoms with Crippen molar-refractivity contribution in [3.8, 4) is 0 Å². The Hall–Kier alpha value is -1.75. The fraction of sp³-hybridized carbons (Fsp3) is 0.500. The van der Waals surface area contributed by atoms with E-state index in [4.69, 9.17) is 5.73 Å². The predicted molar refractivity (Wildman–Crippen MR) is 76.0 cm³/mol. The highest BCUT2D eigenvalue weighted by Crippen LogP contribution is 2.25. The van der Waals surface area contributed by atoms with Gasteiger partial charge in [-0.1, -0.05) is 12.1 Å². The van der Waals surface area contributed by atoms with Crippen LogP contribution in [0.15, 0.2) is 24.3 Å². The van der Waals surface area contributed by atoms with Crippen molar-refractivity contribution in [1.82, 2.24) is 15.2 Å². The van der Waals surface area contributed by atoms with Crippen LogP contribution in [0.3, 0.4) is 0 Å². The first-order valence-corrected chi connectivity index (χ1v) is 6.94. The molecule has 0 radical (unpaired) electrons. The summed E-state index contributed by atoms with van der Waals surface area (Å²) in [5.41, 5.74) is 7.37. The summed E-state index contributed by atoms with van der Waals surface area (Å²) < 4.78 is 0. The Labute approximate surface area is 112 Å². The second-order valence-electron chi connectivity index (χ2n) is 5.02. The number of nitrogens with zero attached hydrogens (tertiary/aromatic N) is 4. The second-order valence-corrected chi connectivity index (χ2v) is 5.02. The molecule has 2 heterocycles. The summed E-state index contributed by atoms with van der Waals surface area (Å²) in [6.07, 6.45) is 4.58. The van der Waals surface area contributed by atoms with E-state index in [1.165, 1.54) is 12.8 Å². The monoisotopic (exact) mass is 257 g/mol. The molecule has 1 aliphatic rings. The molecule has 2 N–H and O–H groups in total. The maximum Gasteiger partial charge on any atom is 0.246 e. The zero-order valence-electron chi connectivity index (χ0n) is 11.0. The lowest BCUT2D eigenvalue weighted by atomic mass is 10.1. The Balaban J connectivity index is 1.86. The Morgan fingerprint density at radius 1 is 1.21 bits per heavy atom. The molecule has 0 amide bonds. The third-order valence-electron chi connectivity index (χ3n) is 3.72. The summed E-state index contributed by atoms with van der Waals surface area (Å²) in [6.45, 7) is 1.77. The summed E-state index contributed by atoms with van der Waals surface area (Å²) in [4.78, 5) is 6.92. The molecule has 3 rings (SSSR count). The van der Waals surface area contributed by atoms with Gasteiger partial charge in [0.15, 0.2) is 0 Å².